The zero-order valence-electron chi connectivity index (χ0n) is 11.4. The largest absolute Gasteiger partial charge is 0.497 e. The Morgan fingerprint density at radius 2 is 1.73 bits per heavy atom. The zero-order valence-corrected chi connectivity index (χ0v) is 12.2. The fraction of sp³-hybridized carbons (Fsp3) is 0.0769. The Balaban J connectivity index is 2.41. The average molecular weight is 321 g/mol. The summed E-state index contributed by atoms with van der Waals surface area (Å²) in [4.78, 5) is 21.3. The summed E-state index contributed by atoms with van der Waals surface area (Å²) in [6, 6.07) is 8.43. The third-order valence-electron chi connectivity index (χ3n) is 2.79. The molecular formula is C13H11N3O5S. The maximum absolute atomic E-state index is 11.1. The van der Waals surface area contributed by atoms with Crippen LogP contribution in [0.4, 0.5) is 17.1 Å². The third kappa shape index (κ3) is 3.26. The Morgan fingerprint density at radius 1 is 1.05 bits per heavy atom. The van der Waals surface area contributed by atoms with Gasteiger partial charge in [0, 0.05) is 22.7 Å². The molecule has 0 unspecified atom stereocenters. The van der Waals surface area contributed by atoms with Gasteiger partial charge >= 0.3 is 0 Å². The first-order valence-electron chi connectivity index (χ1n) is 5.96. The van der Waals surface area contributed by atoms with Crippen LogP contribution in [0.15, 0.2) is 46.2 Å². The molecule has 0 aliphatic heterocycles. The summed E-state index contributed by atoms with van der Waals surface area (Å²) < 4.78 is 5.03. The van der Waals surface area contributed by atoms with Crippen LogP contribution in [0.5, 0.6) is 5.75 Å². The maximum atomic E-state index is 11.1. The fourth-order valence-electron chi connectivity index (χ4n) is 1.71. The second kappa shape index (κ2) is 6.31. The number of benzene rings is 2. The van der Waals surface area contributed by atoms with Crippen LogP contribution in [0.25, 0.3) is 0 Å². The molecule has 0 aromatic heterocycles. The molecule has 0 amide bonds. The Kier molecular flexibility index (Phi) is 4.47. The lowest BCUT2D eigenvalue weighted by Crippen LogP contribution is -1.95. The molecule has 0 radical (unpaired) electrons. The Hall–Kier alpha value is -2.81. The summed E-state index contributed by atoms with van der Waals surface area (Å²) in [6.45, 7) is 0. The lowest BCUT2D eigenvalue weighted by Gasteiger charge is -2.08. The molecule has 0 fully saturated rings. The van der Waals surface area contributed by atoms with Crippen LogP contribution in [0, 0.1) is 20.2 Å². The maximum Gasteiger partial charge on any atom is 0.290 e. The molecule has 0 aliphatic rings. The molecule has 0 spiro atoms. The van der Waals surface area contributed by atoms with Crippen LogP contribution in [-0.4, -0.2) is 17.0 Å². The number of rotatable bonds is 5. The summed E-state index contributed by atoms with van der Waals surface area (Å²) in [5.41, 5.74) is 5.60. The van der Waals surface area contributed by atoms with E-state index in [1.165, 1.54) is 19.2 Å². The first-order chi connectivity index (χ1) is 10.4. The number of non-ortho nitro benzene ring substituents is 1. The Labute approximate surface area is 129 Å². The molecule has 9 heteroatoms. The molecule has 0 heterocycles. The van der Waals surface area contributed by atoms with Crippen molar-refractivity contribution < 1.29 is 14.6 Å². The molecule has 0 atom stereocenters. The van der Waals surface area contributed by atoms with Crippen molar-refractivity contribution in [2.45, 2.75) is 9.79 Å². The highest BCUT2D eigenvalue weighted by molar-refractivity contribution is 7.99. The molecule has 2 rings (SSSR count). The van der Waals surface area contributed by atoms with E-state index >= 15 is 0 Å². The number of nitrogen functional groups attached to an aromatic ring is 1. The van der Waals surface area contributed by atoms with Crippen molar-refractivity contribution in [3.05, 3.63) is 56.6 Å². The molecule has 22 heavy (non-hydrogen) atoms. The number of ether oxygens (including phenoxy) is 1. The van der Waals surface area contributed by atoms with Gasteiger partial charge in [-0.15, -0.1) is 0 Å². The third-order valence-corrected chi connectivity index (χ3v) is 3.94. The molecule has 0 saturated heterocycles. The van der Waals surface area contributed by atoms with Crippen LogP contribution in [0.2, 0.25) is 0 Å². The predicted molar refractivity (Wildman–Crippen MR) is 81.3 cm³/mol. The smallest absolute Gasteiger partial charge is 0.290 e. The minimum absolute atomic E-state index is 0.271. The first kappa shape index (κ1) is 15.6. The Morgan fingerprint density at radius 3 is 2.27 bits per heavy atom. The minimum Gasteiger partial charge on any atom is -0.497 e. The van der Waals surface area contributed by atoms with Crippen LogP contribution < -0.4 is 10.5 Å². The van der Waals surface area contributed by atoms with Gasteiger partial charge in [-0.1, -0.05) is 11.8 Å². The zero-order chi connectivity index (χ0) is 16.3. The van der Waals surface area contributed by atoms with Crippen molar-refractivity contribution in [1.82, 2.24) is 0 Å². The lowest BCUT2D eigenvalue weighted by molar-refractivity contribution is -0.396. The number of hydrogen-bond acceptors (Lipinski definition) is 7. The van der Waals surface area contributed by atoms with E-state index in [1.807, 2.05) is 0 Å². The van der Waals surface area contributed by atoms with E-state index in [1.54, 1.807) is 18.2 Å². The van der Waals surface area contributed by atoms with E-state index in [2.05, 4.69) is 0 Å². The second-order valence-corrected chi connectivity index (χ2v) is 5.26. The van der Waals surface area contributed by atoms with E-state index in [9.17, 15) is 20.2 Å². The first-order valence-corrected chi connectivity index (χ1v) is 6.78. The van der Waals surface area contributed by atoms with E-state index in [-0.39, 0.29) is 16.3 Å². The standard InChI is InChI=1S/C13H11N3O5S/c1-21-9-3-5-12(10(14)7-9)22-13-4-2-8(15(17)18)6-11(13)16(19)20/h2-7H,14H2,1H3. The van der Waals surface area contributed by atoms with Crippen molar-refractivity contribution in [3.63, 3.8) is 0 Å². The topological polar surface area (TPSA) is 122 Å². The number of nitrogens with two attached hydrogens (primary N) is 1. The molecule has 8 nitrogen and oxygen atoms in total. The summed E-state index contributed by atoms with van der Waals surface area (Å²) >= 11 is 1.06. The molecule has 2 N–H and O–H groups in total. The van der Waals surface area contributed by atoms with Crippen LogP contribution >= 0.6 is 11.8 Å². The van der Waals surface area contributed by atoms with Gasteiger partial charge in [-0.05, 0) is 18.2 Å². The van der Waals surface area contributed by atoms with Gasteiger partial charge < -0.3 is 10.5 Å². The molecule has 0 saturated carbocycles. The van der Waals surface area contributed by atoms with Crippen molar-refractivity contribution in [3.8, 4) is 5.75 Å². The van der Waals surface area contributed by atoms with E-state index in [0.717, 1.165) is 17.8 Å². The quantitative estimate of drug-likeness (QED) is 0.509. The van der Waals surface area contributed by atoms with E-state index in [4.69, 9.17) is 10.5 Å². The highest BCUT2D eigenvalue weighted by Gasteiger charge is 2.20. The monoisotopic (exact) mass is 321 g/mol. The lowest BCUT2D eigenvalue weighted by atomic mass is 10.3. The van der Waals surface area contributed by atoms with Gasteiger partial charge in [0.15, 0.2) is 0 Å². The van der Waals surface area contributed by atoms with Gasteiger partial charge in [-0.3, -0.25) is 20.2 Å². The Bertz CT molecular complexity index is 750. The highest BCUT2D eigenvalue weighted by atomic mass is 32.2. The molecule has 0 bridgehead atoms. The van der Waals surface area contributed by atoms with Crippen molar-refractivity contribution in [2.75, 3.05) is 12.8 Å². The highest BCUT2D eigenvalue weighted by Crippen LogP contribution is 2.39. The van der Waals surface area contributed by atoms with E-state index in [0.29, 0.717) is 16.3 Å². The molecular weight excluding hydrogens is 310 g/mol. The van der Waals surface area contributed by atoms with Crippen molar-refractivity contribution in [1.29, 1.82) is 0 Å². The number of nitro groups is 2. The predicted octanol–water partition coefficient (Wildman–Crippen LogP) is 3.25. The van der Waals surface area contributed by atoms with Crippen molar-refractivity contribution in [2.24, 2.45) is 0 Å². The van der Waals surface area contributed by atoms with E-state index < -0.39 is 9.85 Å². The average Bonchev–Trinajstić information content (AvgIpc) is 2.49. The minimum atomic E-state index is -0.677. The SMILES string of the molecule is COc1ccc(Sc2ccc([N+](=O)[O-])cc2[N+](=O)[O-])c(N)c1. The van der Waals surface area contributed by atoms with Crippen LogP contribution in [-0.2, 0) is 0 Å². The summed E-state index contributed by atoms with van der Waals surface area (Å²) in [5, 5.41) is 21.8. The number of methoxy groups -OCH3 is 1. The summed E-state index contributed by atoms with van der Waals surface area (Å²) in [5.74, 6) is 0.569. The number of anilines is 1. The van der Waals surface area contributed by atoms with Gasteiger partial charge in [0.2, 0.25) is 0 Å². The number of hydrogen-bond donors (Lipinski definition) is 1. The molecule has 0 aliphatic carbocycles. The molecule has 114 valence electrons. The van der Waals surface area contributed by atoms with Gasteiger partial charge in [-0.2, -0.15) is 0 Å². The molecule has 2 aromatic carbocycles. The number of nitrogens with zero attached hydrogens (tertiary/aromatic N) is 2. The van der Waals surface area contributed by atoms with Crippen molar-refractivity contribution >= 4 is 28.8 Å². The van der Waals surface area contributed by atoms with Gasteiger partial charge in [0.05, 0.1) is 27.9 Å². The van der Waals surface area contributed by atoms with Gasteiger partial charge in [0.25, 0.3) is 11.4 Å². The second-order valence-electron chi connectivity index (χ2n) is 4.17. The summed E-state index contributed by atoms with van der Waals surface area (Å²) in [6.07, 6.45) is 0. The molecule has 2 aromatic rings. The summed E-state index contributed by atoms with van der Waals surface area (Å²) in [7, 11) is 1.50. The number of nitro benzene ring substituents is 2. The normalized spacial score (nSPS) is 10.2. The van der Waals surface area contributed by atoms with Gasteiger partial charge in [-0.25, -0.2) is 0 Å². The fourth-order valence-corrected chi connectivity index (χ4v) is 2.64. The van der Waals surface area contributed by atoms with Gasteiger partial charge in [0.1, 0.15) is 5.75 Å². The van der Waals surface area contributed by atoms with Crippen LogP contribution in [0.1, 0.15) is 0 Å². The van der Waals surface area contributed by atoms with Crippen LogP contribution in [0.3, 0.4) is 0 Å².